The predicted molar refractivity (Wildman–Crippen MR) is 56.2 cm³/mol. The van der Waals surface area contributed by atoms with Gasteiger partial charge in [-0.2, -0.15) is 11.8 Å². The van der Waals surface area contributed by atoms with Gasteiger partial charge in [-0.1, -0.05) is 23.4 Å². The highest BCUT2D eigenvalue weighted by atomic mass is 32.2. The lowest BCUT2D eigenvalue weighted by atomic mass is 10.1. The fraction of sp³-hybridized carbons (Fsp3) is 0.222. The van der Waals surface area contributed by atoms with E-state index in [2.05, 4.69) is 5.16 Å². The van der Waals surface area contributed by atoms with Crippen LogP contribution < -0.4 is 5.73 Å². The monoisotopic (exact) mass is 196 g/mol. The summed E-state index contributed by atoms with van der Waals surface area (Å²) >= 11 is 1.74. The molecule has 0 saturated heterocycles. The summed E-state index contributed by atoms with van der Waals surface area (Å²) in [4.78, 5) is 0. The molecular formula is C9H12N2OS. The highest BCUT2D eigenvalue weighted by Gasteiger charge is 1.99. The molecule has 0 amide bonds. The van der Waals surface area contributed by atoms with Crippen LogP contribution in [0.25, 0.3) is 0 Å². The van der Waals surface area contributed by atoms with E-state index in [9.17, 15) is 0 Å². The number of nitrogens with two attached hydrogens (primary N) is 1. The molecule has 0 atom stereocenters. The van der Waals surface area contributed by atoms with Gasteiger partial charge in [0, 0.05) is 11.3 Å². The highest BCUT2D eigenvalue weighted by molar-refractivity contribution is 7.97. The van der Waals surface area contributed by atoms with Crippen molar-refractivity contribution in [3.8, 4) is 0 Å². The van der Waals surface area contributed by atoms with Crippen LogP contribution in [0, 0.1) is 0 Å². The molecule has 3 N–H and O–H groups in total. The number of hydrogen-bond acceptors (Lipinski definition) is 3. The lowest BCUT2D eigenvalue weighted by Crippen LogP contribution is -2.13. The predicted octanol–water partition coefficient (Wildman–Crippen LogP) is 1.64. The van der Waals surface area contributed by atoms with Crippen molar-refractivity contribution in [1.29, 1.82) is 0 Å². The van der Waals surface area contributed by atoms with Crippen LogP contribution >= 0.6 is 11.8 Å². The van der Waals surface area contributed by atoms with Crippen molar-refractivity contribution in [1.82, 2.24) is 0 Å². The largest absolute Gasteiger partial charge is 0.409 e. The van der Waals surface area contributed by atoms with Crippen LogP contribution in [-0.2, 0) is 5.75 Å². The van der Waals surface area contributed by atoms with E-state index in [0.717, 1.165) is 11.3 Å². The lowest BCUT2D eigenvalue weighted by molar-refractivity contribution is 0.318. The van der Waals surface area contributed by atoms with E-state index in [1.54, 1.807) is 11.8 Å². The molecule has 70 valence electrons. The van der Waals surface area contributed by atoms with Gasteiger partial charge in [-0.3, -0.25) is 0 Å². The van der Waals surface area contributed by atoms with Gasteiger partial charge in [0.25, 0.3) is 0 Å². The summed E-state index contributed by atoms with van der Waals surface area (Å²) in [6, 6.07) is 7.66. The van der Waals surface area contributed by atoms with Gasteiger partial charge in [0.05, 0.1) is 0 Å². The van der Waals surface area contributed by atoms with E-state index in [1.807, 2.05) is 30.5 Å². The Morgan fingerprint density at radius 3 is 3.00 bits per heavy atom. The second-order valence-electron chi connectivity index (χ2n) is 2.62. The normalized spacial score (nSPS) is 11.6. The SMILES string of the molecule is CSCc1cccc(/C(N)=N/O)c1. The molecule has 3 nitrogen and oxygen atoms in total. The number of amidine groups is 1. The zero-order valence-electron chi connectivity index (χ0n) is 7.40. The molecule has 0 bridgehead atoms. The minimum atomic E-state index is 0.156. The Balaban J connectivity index is 2.91. The number of nitrogens with zero attached hydrogens (tertiary/aromatic N) is 1. The Kier molecular flexibility index (Phi) is 3.64. The van der Waals surface area contributed by atoms with Gasteiger partial charge in [-0.25, -0.2) is 0 Å². The smallest absolute Gasteiger partial charge is 0.170 e. The van der Waals surface area contributed by atoms with Crippen molar-refractivity contribution in [2.45, 2.75) is 5.75 Å². The maximum atomic E-state index is 8.47. The summed E-state index contributed by atoms with van der Waals surface area (Å²) in [6.07, 6.45) is 2.04. The average molecular weight is 196 g/mol. The molecule has 1 aromatic rings. The van der Waals surface area contributed by atoms with Crippen LogP contribution in [-0.4, -0.2) is 17.3 Å². The van der Waals surface area contributed by atoms with E-state index < -0.39 is 0 Å². The summed E-state index contributed by atoms with van der Waals surface area (Å²) in [6.45, 7) is 0. The first kappa shape index (κ1) is 9.92. The molecule has 0 unspecified atom stereocenters. The van der Waals surface area contributed by atoms with Gasteiger partial charge in [-0.15, -0.1) is 0 Å². The molecule has 0 fully saturated rings. The van der Waals surface area contributed by atoms with Crippen LogP contribution in [0.1, 0.15) is 11.1 Å². The van der Waals surface area contributed by atoms with Crippen LogP contribution in [0.2, 0.25) is 0 Å². The number of rotatable bonds is 3. The first-order chi connectivity index (χ1) is 6.27. The third kappa shape index (κ3) is 2.66. The van der Waals surface area contributed by atoms with E-state index in [-0.39, 0.29) is 5.84 Å². The van der Waals surface area contributed by atoms with Crippen molar-refractivity contribution >= 4 is 17.6 Å². The van der Waals surface area contributed by atoms with E-state index >= 15 is 0 Å². The summed E-state index contributed by atoms with van der Waals surface area (Å²) in [5.74, 6) is 1.09. The summed E-state index contributed by atoms with van der Waals surface area (Å²) in [5, 5.41) is 11.4. The van der Waals surface area contributed by atoms with Crippen LogP contribution in [0.4, 0.5) is 0 Å². The molecule has 0 aliphatic heterocycles. The molecule has 0 spiro atoms. The van der Waals surface area contributed by atoms with Crippen LogP contribution in [0.15, 0.2) is 29.4 Å². The van der Waals surface area contributed by atoms with Crippen molar-refractivity contribution in [2.75, 3.05) is 6.26 Å². The molecule has 0 radical (unpaired) electrons. The second kappa shape index (κ2) is 4.77. The Morgan fingerprint density at radius 2 is 2.38 bits per heavy atom. The van der Waals surface area contributed by atoms with Crippen LogP contribution in [0.5, 0.6) is 0 Å². The highest BCUT2D eigenvalue weighted by Crippen LogP contribution is 2.10. The van der Waals surface area contributed by atoms with Crippen LogP contribution in [0.3, 0.4) is 0 Å². The van der Waals surface area contributed by atoms with Gasteiger partial charge in [0.1, 0.15) is 0 Å². The van der Waals surface area contributed by atoms with Gasteiger partial charge < -0.3 is 10.9 Å². The van der Waals surface area contributed by atoms with E-state index in [0.29, 0.717) is 0 Å². The number of oxime groups is 1. The molecule has 1 aromatic carbocycles. The molecule has 0 aliphatic carbocycles. The minimum Gasteiger partial charge on any atom is -0.409 e. The molecular weight excluding hydrogens is 184 g/mol. The summed E-state index contributed by atoms with van der Waals surface area (Å²) in [5.41, 5.74) is 7.39. The number of hydrogen-bond donors (Lipinski definition) is 2. The number of thioether (sulfide) groups is 1. The first-order valence-electron chi connectivity index (χ1n) is 3.83. The standard InChI is InChI=1S/C9H12N2OS/c1-13-6-7-3-2-4-8(5-7)9(10)11-12/h2-5,12H,6H2,1H3,(H2,10,11). The molecule has 0 saturated carbocycles. The Labute approximate surface area is 81.6 Å². The van der Waals surface area contributed by atoms with Crippen molar-refractivity contribution in [3.63, 3.8) is 0 Å². The second-order valence-corrected chi connectivity index (χ2v) is 3.48. The van der Waals surface area contributed by atoms with Crippen molar-refractivity contribution in [3.05, 3.63) is 35.4 Å². The third-order valence-corrected chi connectivity index (χ3v) is 2.26. The Morgan fingerprint density at radius 1 is 1.62 bits per heavy atom. The van der Waals surface area contributed by atoms with Gasteiger partial charge in [-0.05, 0) is 17.9 Å². The van der Waals surface area contributed by atoms with Gasteiger partial charge in [0.15, 0.2) is 5.84 Å². The van der Waals surface area contributed by atoms with Gasteiger partial charge in [0.2, 0.25) is 0 Å². The molecule has 4 heteroatoms. The third-order valence-electron chi connectivity index (χ3n) is 1.64. The molecule has 1 rings (SSSR count). The topological polar surface area (TPSA) is 58.6 Å². The lowest BCUT2D eigenvalue weighted by Gasteiger charge is -2.01. The maximum absolute atomic E-state index is 8.47. The van der Waals surface area contributed by atoms with Crippen molar-refractivity contribution in [2.24, 2.45) is 10.9 Å². The van der Waals surface area contributed by atoms with Gasteiger partial charge >= 0.3 is 0 Å². The fourth-order valence-corrected chi connectivity index (χ4v) is 1.56. The zero-order chi connectivity index (χ0) is 9.68. The molecule has 0 aromatic heterocycles. The Hall–Kier alpha value is -1.16. The minimum absolute atomic E-state index is 0.156. The fourth-order valence-electron chi connectivity index (χ4n) is 1.04. The maximum Gasteiger partial charge on any atom is 0.170 e. The quantitative estimate of drug-likeness (QED) is 0.334. The van der Waals surface area contributed by atoms with E-state index in [1.165, 1.54) is 5.56 Å². The zero-order valence-corrected chi connectivity index (χ0v) is 8.21. The van der Waals surface area contributed by atoms with E-state index in [4.69, 9.17) is 10.9 Å². The summed E-state index contributed by atoms with van der Waals surface area (Å²) in [7, 11) is 0. The number of benzene rings is 1. The van der Waals surface area contributed by atoms with Crippen molar-refractivity contribution < 1.29 is 5.21 Å². The first-order valence-corrected chi connectivity index (χ1v) is 5.23. The Bertz CT molecular complexity index is 312. The molecule has 0 aliphatic rings. The molecule has 0 heterocycles. The molecule has 13 heavy (non-hydrogen) atoms. The summed E-state index contributed by atoms with van der Waals surface area (Å²) < 4.78 is 0. The average Bonchev–Trinajstić information content (AvgIpc) is 2.18.